The molecule has 2 amide bonds. The van der Waals surface area contributed by atoms with Gasteiger partial charge in [0.2, 0.25) is 11.8 Å². The van der Waals surface area contributed by atoms with Crippen LogP contribution >= 0.6 is 15.9 Å². The van der Waals surface area contributed by atoms with Crippen molar-refractivity contribution in [2.75, 3.05) is 11.9 Å². The average molecular weight is 380 g/mol. The molecule has 0 aliphatic carbocycles. The van der Waals surface area contributed by atoms with Gasteiger partial charge in [-0.3, -0.25) is 9.59 Å². The third kappa shape index (κ3) is 5.82. The largest absolute Gasteiger partial charge is 0.354 e. The van der Waals surface area contributed by atoms with Crippen molar-refractivity contribution in [3.8, 4) is 0 Å². The molecule has 0 saturated heterocycles. The van der Waals surface area contributed by atoms with Gasteiger partial charge >= 0.3 is 0 Å². The summed E-state index contributed by atoms with van der Waals surface area (Å²) in [6.45, 7) is 2.36. The van der Waals surface area contributed by atoms with Crippen molar-refractivity contribution in [3.63, 3.8) is 0 Å². The zero-order chi connectivity index (χ0) is 16.7. The van der Waals surface area contributed by atoms with E-state index >= 15 is 0 Å². The van der Waals surface area contributed by atoms with Gasteiger partial charge in [-0.1, -0.05) is 40.2 Å². The second kappa shape index (κ2) is 8.42. The number of carbonyl (C=O) groups is 2. The van der Waals surface area contributed by atoms with Crippen molar-refractivity contribution < 1.29 is 9.59 Å². The first-order valence-electron chi connectivity index (χ1n) is 7.28. The Labute approximate surface area is 142 Å². The van der Waals surface area contributed by atoms with Crippen molar-refractivity contribution in [1.82, 2.24) is 20.3 Å². The fourth-order valence-electron chi connectivity index (χ4n) is 1.86. The number of anilines is 1. The summed E-state index contributed by atoms with van der Waals surface area (Å²) in [5, 5.41) is 13.0. The van der Waals surface area contributed by atoms with Crippen LogP contribution in [-0.4, -0.2) is 33.4 Å². The van der Waals surface area contributed by atoms with E-state index in [2.05, 4.69) is 36.9 Å². The van der Waals surface area contributed by atoms with Gasteiger partial charge < -0.3 is 10.6 Å². The lowest BCUT2D eigenvalue weighted by atomic mass is 10.1. The molecule has 23 heavy (non-hydrogen) atoms. The molecule has 0 fully saturated rings. The number of nitrogens with one attached hydrogen (secondary N) is 2. The van der Waals surface area contributed by atoms with E-state index in [4.69, 9.17) is 0 Å². The molecule has 1 heterocycles. The van der Waals surface area contributed by atoms with Crippen molar-refractivity contribution in [3.05, 3.63) is 40.5 Å². The first-order chi connectivity index (χ1) is 11.1. The van der Waals surface area contributed by atoms with E-state index in [-0.39, 0.29) is 18.4 Å². The molecule has 2 aromatic rings. The number of hydrogen-bond donors (Lipinski definition) is 2. The summed E-state index contributed by atoms with van der Waals surface area (Å²) in [4.78, 5) is 23.1. The van der Waals surface area contributed by atoms with Crippen LogP contribution in [0.4, 0.5) is 5.82 Å². The maximum atomic E-state index is 11.8. The predicted molar refractivity (Wildman–Crippen MR) is 89.8 cm³/mol. The number of amides is 2. The van der Waals surface area contributed by atoms with Gasteiger partial charge in [0.1, 0.15) is 6.54 Å². The van der Waals surface area contributed by atoms with Crippen molar-refractivity contribution in [2.45, 2.75) is 26.3 Å². The maximum Gasteiger partial charge on any atom is 0.241 e. The van der Waals surface area contributed by atoms with Gasteiger partial charge in [0, 0.05) is 17.4 Å². The van der Waals surface area contributed by atoms with E-state index in [9.17, 15) is 9.59 Å². The molecule has 0 atom stereocenters. The molecule has 0 radical (unpaired) electrons. The van der Waals surface area contributed by atoms with Crippen LogP contribution in [0.1, 0.15) is 18.9 Å². The monoisotopic (exact) mass is 379 g/mol. The second-order valence-corrected chi connectivity index (χ2v) is 5.85. The molecular formula is C15H18BrN5O2. The topological polar surface area (TPSA) is 88.9 Å². The number of nitrogens with zero attached hydrogens (tertiary/aromatic N) is 3. The van der Waals surface area contributed by atoms with Crippen molar-refractivity contribution in [1.29, 1.82) is 0 Å². The van der Waals surface area contributed by atoms with E-state index in [1.807, 2.05) is 24.3 Å². The molecule has 0 saturated carbocycles. The molecule has 0 aliphatic heterocycles. The first kappa shape index (κ1) is 17.1. The van der Waals surface area contributed by atoms with E-state index < -0.39 is 0 Å². The Balaban J connectivity index is 1.74. The lowest BCUT2D eigenvalue weighted by molar-refractivity contribution is -0.121. The third-order valence-corrected chi connectivity index (χ3v) is 3.61. The van der Waals surface area contributed by atoms with E-state index in [1.165, 1.54) is 10.9 Å². The Morgan fingerprint density at radius 1 is 1.22 bits per heavy atom. The smallest absolute Gasteiger partial charge is 0.241 e. The normalized spacial score (nSPS) is 10.3. The van der Waals surface area contributed by atoms with Gasteiger partial charge in [0.15, 0.2) is 5.82 Å². The highest BCUT2D eigenvalue weighted by Crippen LogP contribution is 2.10. The quantitative estimate of drug-likeness (QED) is 0.766. The molecule has 0 unspecified atom stereocenters. The Kier molecular flexibility index (Phi) is 6.28. The number of benzene rings is 1. The third-order valence-electron chi connectivity index (χ3n) is 3.08. The molecule has 2 N–H and O–H groups in total. The minimum atomic E-state index is -0.152. The van der Waals surface area contributed by atoms with Crippen LogP contribution in [0, 0.1) is 0 Å². The average Bonchev–Trinajstić information content (AvgIpc) is 2.96. The van der Waals surface area contributed by atoms with Crippen LogP contribution in [0.15, 0.2) is 34.9 Å². The second-order valence-electron chi connectivity index (χ2n) is 4.93. The van der Waals surface area contributed by atoms with Crippen LogP contribution in [0.25, 0.3) is 0 Å². The van der Waals surface area contributed by atoms with Crippen LogP contribution in [-0.2, 0) is 22.6 Å². The summed E-state index contributed by atoms with van der Waals surface area (Å²) in [5.41, 5.74) is 1.15. The minimum Gasteiger partial charge on any atom is -0.354 e. The summed E-state index contributed by atoms with van der Waals surface area (Å²) in [5.74, 6) is 0.0518. The number of halogens is 1. The standard InChI is InChI=1S/C15H18BrN5O2/c1-2-14(22)18-13-9-21(20-19-13)10-15(23)17-8-7-11-3-5-12(16)6-4-11/h3-6,9H,2,7-8,10H2,1H3,(H,17,23)(H,18,22). The highest BCUT2D eigenvalue weighted by atomic mass is 79.9. The summed E-state index contributed by atoms with van der Waals surface area (Å²) in [6, 6.07) is 7.96. The van der Waals surface area contributed by atoms with Gasteiger partial charge in [0.05, 0.1) is 6.20 Å². The lowest BCUT2D eigenvalue weighted by Gasteiger charge is -2.05. The number of carbonyl (C=O) groups excluding carboxylic acids is 2. The summed E-state index contributed by atoms with van der Waals surface area (Å²) in [7, 11) is 0. The summed E-state index contributed by atoms with van der Waals surface area (Å²) in [6.07, 6.45) is 2.65. The number of aromatic nitrogens is 3. The van der Waals surface area contributed by atoms with Gasteiger partial charge in [0.25, 0.3) is 0 Å². The van der Waals surface area contributed by atoms with E-state index in [0.717, 1.165) is 16.5 Å². The Bertz CT molecular complexity index is 669. The van der Waals surface area contributed by atoms with Crippen LogP contribution in [0.2, 0.25) is 0 Å². The van der Waals surface area contributed by atoms with Crippen LogP contribution in [0.3, 0.4) is 0 Å². The SMILES string of the molecule is CCC(=O)Nc1cn(CC(=O)NCCc2ccc(Br)cc2)nn1. The minimum absolute atomic E-state index is 0.0648. The van der Waals surface area contributed by atoms with Gasteiger partial charge in [-0.15, -0.1) is 5.10 Å². The lowest BCUT2D eigenvalue weighted by Crippen LogP contribution is -2.29. The molecule has 122 valence electrons. The fourth-order valence-corrected chi connectivity index (χ4v) is 2.13. The fraction of sp³-hybridized carbons (Fsp3) is 0.333. The molecule has 0 spiro atoms. The van der Waals surface area contributed by atoms with Crippen molar-refractivity contribution in [2.24, 2.45) is 0 Å². The van der Waals surface area contributed by atoms with E-state index in [0.29, 0.717) is 18.8 Å². The Morgan fingerprint density at radius 2 is 1.96 bits per heavy atom. The zero-order valence-electron chi connectivity index (χ0n) is 12.8. The summed E-state index contributed by atoms with van der Waals surface area (Å²) < 4.78 is 2.42. The zero-order valence-corrected chi connectivity index (χ0v) is 14.3. The molecule has 1 aromatic heterocycles. The van der Waals surface area contributed by atoms with Crippen LogP contribution in [0.5, 0.6) is 0 Å². The highest BCUT2D eigenvalue weighted by Gasteiger charge is 2.07. The molecular weight excluding hydrogens is 362 g/mol. The van der Waals surface area contributed by atoms with Gasteiger partial charge in [-0.25, -0.2) is 4.68 Å². The number of rotatable bonds is 7. The van der Waals surface area contributed by atoms with Gasteiger partial charge in [-0.2, -0.15) is 0 Å². The number of hydrogen-bond acceptors (Lipinski definition) is 4. The predicted octanol–water partition coefficient (Wildman–Crippen LogP) is 1.75. The molecule has 1 aromatic carbocycles. The molecule has 0 bridgehead atoms. The van der Waals surface area contributed by atoms with E-state index in [1.54, 1.807) is 6.92 Å². The highest BCUT2D eigenvalue weighted by molar-refractivity contribution is 9.10. The summed E-state index contributed by atoms with van der Waals surface area (Å²) >= 11 is 3.38. The Morgan fingerprint density at radius 3 is 2.65 bits per heavy atom. The first-order valence-corrected chi connectivity index (χ1v) is 8.07. The molecule has 8 heteroatoms. The Hall–Kier alpha value is -2.22. The maximum absolute atomic E-state index is 11.8. The van der Waals surface area contributed by atoms with Crippen LogP contribution < -0.4 is 10.6 Å². The van der Waals surface area contributed by atoms with Gasteiger partial charge in [-0.05, 0) is 24.1 Å². The molecule has 0 aliphatic rings. The molecule has 7 nitrogen and oxygen atoms in total. The molecule has 2 rings (SSSR count). The van der Waals surface area contributed by atoms with Crippen molar-refractivity contribution >= 4 is 33.6 Å².